The molecule has 72 valence electrons. The van der Waals surface area contributed by atoms with E-state index < -0.39 is 5.60 Å². The van der Waals surface area contributed by atoms with Crippen molar-refractivity contribution in [2.45, 2.75) is 19.4 Å². The quantitative estimate of drug-likeness (QED) is 0.536. The molecule has 0 aromatic carbocycles. The van der Waals surface area contributed by atoms with Crippen molar-refractivity contribution in [3.05, 3.63) is 23.9 Å². The zero-order valence-corrected chi connectivity index (χ0v) is 8.15. The number of ether oxygens (including phenoxy) is 1. The molecule has 0 atom stereocenters. The molecule has 0 saturated heterocycles. The molecular formula is C11H11NO2. The SMILES string of the molecule is C#CC(C)(C)Oc1ccc(C=O)cn1. The molecule has 3 heteroatoms. The standard InChI is InChI=1S/C11H11NO2/c1-4-11(2,3)14-10-6-5-9(8-13)7-12-10/h1,5-8H,2-3H3. The van der Waals surface area contributed by atoms with E-state index >= 15 is 0 Å². The normalized spacial score (nSPS) is 10.4. The first-order valence-corrected chi connectivity index (χ1v) is 4.15. The van der Waals surface area contributed by atoms with Gasteiger partial charge in [-0.15, -0.1) is 6.42 Å². The van der Waals surface area contributed by atoms with Gasteiger partial charge >= 0.3 is 0 Å². The van der Waals surface area contributed by atoms with Crippen LogP contribution < -0.4 is 4.74 Å². The van der Waals surface area contributed by atoms with Gasteiger partial charge in [0.1, 0.15) is 0 Å². The Morgan fingerprint density at radius 2 is 2.29 bits per heavy atom. The number of hydrogen-bond acceptors (Lipinski definition) is 3. The van der Waals surface area contributed by atoms with E-state index in [4.69, 9.17) is 11.2 Å². The summed E-state index contributed by atoms with van der Waals surface area (Å²) < 4.78 is 5.39. The zero-order valence-electron chi connectivity index (χ0n) is 8.15. The van der Waals surface area contributed by atoms with Crippen LogP contribution in [0.5, 0.6) is 5.88 Å². The molecule has 0 bridgehead atoms. The van der Waals surface area contributed by atoms with E-state index in [2.05, 4.69) is 10.9 Å². The molecule has 0 aliphatic heterocycles. The predicted molar refractivity (Wildman–Crippen MR) is 53.2 cm³/mol. The third-order valence-corrected chi connectivity index (χ3v) is 1.60. The summed E-state index contributed by atoms with van der Waals surface area (Å²) in [6.45, 7) is 3.53. The molecule has 0 unspecified atom stereocenters. The summed E-state index contributed by atoms with van der Waals surface area (Å²) in [7, 11) is 0. The molecule has 3 nitrogen and oxygen atoms in total. The average molecular weight is 189 g/mol. The van der Waals surface area contributed by atoms with Crippen LogP contribution in [-0.2, 0) is 0 Å². The third kappa shape index (κ3) is 2.60. The van der Waals surface area contributed by atoms with Crippen molar-refractivity contribution in [2.24, 2.45) is 0 Å². The first kappa shape index (κ1) is 10.3. The Morgan fingerprint density at radius 3 is 2.71 bits per heavy atom. The molecule has 0 amide bonds. The molecule has 1 heterocycles. The van der Waals surface area contributed by atoms with Gasteiger partial charge in [-0.05, 0) is 19.9 Å². The van der Waals surface area contributed by atoms with Crippen LogP contribution in [-0.4, -0.2) is 16.9 Å². The highest BCUT2D eigenvalue weighted by molar-refractivity contribution is 5.73. The average Bonchev–Trinajstić information content (AvgIpc) is 2.19. The monoisotopic (exact) mass is 189 g/mol. The third-order valence-electron chi connectivity index (χ3n) is 1.60. The van der Waals surface area contributed by atoms with Gasteiger partial charge in [-0.1, -0.05) is 5.92 Å². The number of carbonyl (C=O) groups is 1. The van der Waals surface area contributed by atoms with Gasteiger partial charge < -0.3 is 4.74 Å². The number of terminal acetylenes is 1. The van der Waals surface area contributed by atoms with Crippen LogP contribution in [0, 0.1) is 12.3 Å². The van der Waals surface area contributed by atoms with Crippen LogP contribution in [0.1, 0.15) is 24.2 Å². The second-order valence-electron chi connectivity index (χ2n) is 3.30. The van der Waals surface area contributed by atoms with Crippen molar-refractivity contribution in [3.63, 3.8) is 0 Å². The van der Waals surface area contributed by atoms with Crippen molar-refractivity contribution in [2.75, 3.05) is 0 Å². The lowest BCUT2D eigenvalue weighted by Crippen LogP contribution is -2.25. The van der Waals surface area contributed by atoms with Gasteiger partial charge in [0.2, 0.25) is 5.88 Å². The number of hydrogen-bond donors (Lipinski definition) is 0. The molecule has 0 fully saturated rings. The lowest BCUT2D eigenvalue weighted by molar-refractivity contribution is 0.112. The highest BCUT2D eigenvalue weighted by Gasteiger charge is 2.15. The van der Waals surface area contributed by atoms with E-state index in [0.29, 0.717) is 11.4 Å². The number of carbonyl (C=O) groups excluding carboxylic acids is 1. The van der Waals surface area contributed by atoms with E-state index in [9.17, 15) is 4.79 Å². The van der Waals surface area contributed by atoms with Gasteiger partial charge in [-0.25, -0.2) is 4.98 Å². The Balaban J connectivity index is 2.80. The Morgan fingerprint density at radius 1 is 1.57 bits per heavy atom. The van der Waals surface area contributed by atoms with E-state index in [1.165, 1.54) is 6.20 Å². The fraction of sp³-hybridized carbons (Fsp3) is 0.273. The van der Waals surface area contributed by atoms with Crippen molar-refractivity contribution in [3.8, 4) is 18.2 Å². The van der Waals surface area contributed by atoms with Crippen molar-refractivity contribution in [1.82, 2.24) is 4.98 Å². The Bertz CT molecular complexity index is 360. The van der Waals surface area contributed by atoms with Crippen molar-refractivity contribution >= 4 is 6.29 Å². The summed E-state index contributed by atoms with van der Waals surface area (Å²) in [5, 5.41) is 0. The number of aldehydes is 1. The van der Waals surface area contributed by atoms with Gasteiger partial charge in [0.25, 0.3) is 0 Å². The molecule has 1 aromatic heterocycles. The minimum atomic E-state index is -0.685. The molecule has 0 aliphatic rings. The largest absolute Gasteiger partial charge is 0.458 e. The molecule has 0 aliphatic carbocycles. The number of pyridine rings is 1. The molecule has 0 spiro atoms. The first-order chi connectivity index (χ1) is 6.57. The maximum absolute atomic E-state index is 10.3. The summed E-state index contributed by atoms with van der Waals surface area (Å²) >= 11 is 0. The van der Waals surface area contributed by atoms with E-state index in [1.807, 2.05) is 0 Å². The Kier molecular flexibility index (Phi) is 2.88. The fourth-order valence-electron chi connectivity index (χ4n) is 0.813. The predicted octanol–water partition coefficient (Wildman–Crippen LogP) is 1.68. The van der Waals surface area contributed by atoms with Gasteiger partial charge in [-0.2, -0.15) is 0 Å². The Hall–Kier alpha value is -1.82. The molecular weight excluding hydrogens is 178 g/mol. The smallest absolute Gasteiger partial charge is 0.214 e. The van der Waals surface area contributed by atoms with Crippen molar-refractivity contribution in [1.29, 1.82) is 0 Å². The molecule has 1 rings (SSSR count). The highest BCUT2D eigenvalue weighted by Crippen LogP contribution is 2.14. The zero-order chi connectivity index (χ0) is 10.6. The minimum absolute atomic E-state index is 0.415. The molecule has 14 heavy (non-hydrogen) atoms. The minimum Gasteiger partial charge on any atom is -0.458 e. The maximum atomic E-state index is 10.3. The second kappa shape index (κ2) is 3.93. The van der Waals surface area contributed by atoms with Crippen LogP contribution in [0.25, 0.3) is 0 Å². The van der Waals surface area contributed by atoms with Gasteiger partial charge in [0, 0.05) is 17.8 Å². The highest BCUT2D eigenvalue weighted by atomic mass is 16.5. The summed E-state index contributed by atoms with van der Waals surface area (Å²) in [6, 6.07) is 3.24. The number of nitrogens with zero attached hydrogens (tertiary/aromatic N) is 1. The number of rotatable bonds is 3. The molecule has 0 N–H and O–H groups in total. The van der Waals surface area contributed by atoms with E-state index in [1.54, 1.807) is 26.0 Å². The van der Waals surface area contributed by atoms with Crippen LogP contribution in [0.15, 0.2) is 18.3 Å². The summed E-state index contributed by atoms with van der Waals surface area (Å²) in [5.74, 6) is 2.90. The Labute approximate surface area is 83.1 Å². The molecule has 0 radical (unpaired) electrons. The first-order valence-electron chi connectivity index (χ1n) is 4.15. The summed E-state index contributed by atoms with van der Waals surface area (Å²) in [5.41, 5.74) is -0.175. The second-order valence-corrected chi connectivity index (χ2v) is 3.30. The van der Waals surface area contributed by atoms with Gasteiger partial charge in [0.15, 0.2) is 11.9 Å². The fourth-order valence-corrected chi connectivity index (χ4v) is 0.813. The lowest BCUT2D eigenvalue weighted by Gasteiger charge is -2.18. The number of aromatic nitrogens is 1. The van der Waals surface area contributed by atoms with Gasteiger partial charge in [0.05, 0.1) is 0 Å². The molecule has 1 aromatic rings. The maximum Gasteiger partial charge on any atom is 0.214 e. The molecule has 0 saturated carbocycles. The van der Waals surface area contributed by atoms with Gasteiger partial charge in [-0.3, -0.25) is 4.79 Å². The van der Waals surface area contributed by atoms with E-state index in [-0.39, 0.29) is 0 Å². The van der Waals surface area contributed by atoms with E-state index in [0.717, 1.165) is 6.29 Å². The summed E-state index contributed by atoms with van der Waals surface area (Å²) in [6.07, 6.45) is 7.42. The van der Waals surface area contributed by atoms with Crippen LogP contribution in [0.4, 0.5) is 0 Å². The lowest BCUT2D eigenvalue weighted by atomic mass is 10.1. The van der Waals surface area contributed by atoms with Crippen LogP contribution in [0.2, 0.25) is 0 Å². The summed E-state index contributed by atoms with van der Waals surface area (Å²) in [4.78, 5) is 14.3. The van der Waals surface area contributed by atoms with Crippen LogP contribution >= 0.6 is 0 Å². The van der Waals surface area contributed by atoms with Crippen molar-refractivity contribution < 1.29 is 9.53 Å². The topological polar surface area (TPSA) is 39.2 Å². The van der Waals surface area contributed by atoms with Crippen LogP contribution in [0.3, 0.4) is 0 Å².